The van der Waals surface area contributed by atoms with Gasteiger partial charge in [-0.05, 0) is 0 Å². The lowest BCUT2D eigenvalue weighted by Gasteiger charge is -2.36. The minimum Gasteiger partial charge on any atom is -0.343 e. The highest BCUT2D eigenvalue weighted by atomic mass is 16.3. The molecule has 0 bridgehead atoms. The minimum absolute atomic E-state index is 0.472. The summed E-state index contributed by atoms with van der Waals surface area (Å²) in [5.74, 6) is 0. The first-order valence-electron chi connectivity index (χ1n) is 3.51. The molecule has 1 atom stereocenters. The van der Waals surface area contributed by atoms with Gasteiger partial charge in [0.05, 0.1) is 20.6 Å². The molecule has 1 rings (SSSR count). The summed E-state index contributed by atoms with van der Waals surface area (Å²) in [6, 6.07) is 0. The SMILES string of the molecule is CC1(O)CCC[N+]1(C)C. The van der Waals surface area contributed by atoms with Gasteiger partial charge in [0.1, 0.15) is 0 Å². The van der Waals surface area contributed by atoms with Crippen molar-refractivity contribution < 1.29 is 9.59 Å². The molecule has 1 unspecified atom stereocenters. The number of quaternary nitrogens is 1. The standard InChI is InChI=1S/C7H16NO/c1-7(9)5-4-6-8(7,2)3/h9H,4-6H2,1-3H3/q+1. The van der Waals surface area contributed by atoms with Crippen molar-refractivity contribution in [1.82, 2.24) is 0 Å². The molecule has 0 saturated carbocycles. The highest BCUT2D eigenvalue weighted by Gasteiger charge is 2.43. The van der Waals surface area contributed by atoms with Crippen LogP contribution in [0, 0.1) is 0 Å². The van der Waals surface area contributed by atoms with E-state index in [2.05, 4.69) is 14.1 Å². The maximum atomic E-state index is 9.69. The molecule has 1 N–H and O–H groups in total. The van der Waals surface area contributed by atoms with Crippen LogP contribution in [-0.4, -0.2) is 36.0 Å². The predicted octanol–water partition coefficient (Wildman–Crippen LogP) is 0.565. The lowest BCUT2D eigenvalue weighted by atomic mass is 10.2. The third-order valence-electron chi connectivity index (χ3n) is 2.67. The lowest BCUT2D eigenvalue weighted by Crippen LogP contribution is -2.52. The summed E-state index contributed by atoms with van der Waals surface area (Å²) in [6.45, 7) is 3.02. The Morgan fingerprint density at radius 1 is 1.44 bits per heavy atom. The Labute approximate surface area is 56.7 Å². The van der Waals surface area contributed by atoms with Crippen molar-refractivity contribution in [2.45, 2.75) is 25.5 Å². The van der Waals surface area contributed by atoms with E-state index < -0.39 is 5.72 Å². The van der Waals surface area contributed by atoms with Crippen LogP contribution in [0.15, 0.2) is 0 Å². The summed E-state index contributed by atoms with van der Waals surface area (Å²) < 4.78 is 0.757. The van der Waals surface area contributed by atoms with Crippen LogP contribution in [0.25, 0.3) is 0 Å². The molecule has 0 amide bonds. The third kappa shape index (κ3) is 0.970. The fourth-order valence-electron chi connectivity index (χ4n) is 1.35. The number of aliphatic hydroxyl groups is 1. The number of hydrogen-bond donors (Lipinski definition) is 1. The molecule has 0 aliphatic carbocycles. The molecule has 1 heterocycles. The topological polar surface area (TPSA) is 20.2 Å². The molecular weight excluding hydrogens is 114 g/mol. The van der Waals surface area contributed by atoms with Crippen LogP contribution < -0.4 is 0 Å². The fourth-order valence-corrected chi connectivity index (χ4v) is 1.35. The minimum atomic E-state index is -0.472. The average molecular weight is 130 g/mol. The van der Waals surface area contributed by atoms with Crippen molar-refractivity contribution in [3.05, 3.63) is 0 Å². The molecular formula is C7H16NO+. The van der Waals surface area contributed by atoms with Gasteiger partial charge in [0.25, 0.3) is 0 Å². The van der Waals surface area contributed by atoms with Crippen LogP contribution in [0.3, 0.4) is 0 Å². The number of rotatable bonds is 0. The zero-order valence-corrected chi connectivity index (χ0v) is 6.52. The van der Waals surface area contributed by atoms with Gasteiger partial charge < -0.3 is 9.59 Å². The second-order valence-corrected chi connectivity index (χ2v) is 3.73. The van der Waals surface area contributed by atoms with Gasteiger partial charge in [-0.3, -0.25) is 0 Å². The Morgan fingerprint density at radius 3 is 2.11 bits per heavy atom. The Hall–Kier alpha value is -0.0800. The summed E-state index contributed by atoms with van der Waals surface area (Å²) in [5.41, 5.74) is -0.472. The van der Waals surface area contributed by atoms with E-state index in [1.54, 1.807) is 0 Å². The molecule has 0 aromatic rings. The van der Waals surface area contributed by atoms with Crippen molar-refractivity contribution in [3.8, 4) is 0 Å². The first-order chi connectivity index (χ1) is 3.96. The molecule has 9 heavy (non-hydrogen) atoms. The van der Waals surface area contributed by atoms with Crippen LogP contribution in [0.1, 0.15) is 19.8 Å². The molecule has 0 spiro atoms. The van der Waals surface area contributed by atoms with Crippen LogP contribution in [-0.2, 0) is 0 Å². The first kappa shape index (κ1) is 7.03. The molecule has 0 aromatic heterocycles. The summed E-state index contributed by atoms with van der Waals surface area (Å²) in [5, 5.41) is 9.69. The molecule has 1 aliphatic rings. The predicted molar refractivity (Wildman–Crippen MR) is 36.8 cm³/mol. The summed E-state index contributed by atoms with van der Waals surface area (Å²) >= 11 is 0. The van der Waals surface area contributed by atoms with E-state index in [0.717, 1.165) is 23.9 Å². The van der Waals surface area contributed by atoms with E-state index >= 15 is 0 Å². The van der Waals surface area contributed by atoms with Crippen molar-refractivity contribution in [3.63, 3.8) is 0 Å². The van der Waals surface area contributed by atoms with E-state index in [1.807, 2.05) is 6.92 Å². The zero-order valence-electron chi connectivity index (χ0n) is 6.52. The zero-order chi connectivity index (χ0) is 7.12. The fraction of sp³-hybridized carbons (Fsp3) is 1.00. The maximum absolute atomic E-state index is 9.69. The smallest absolute Gasteiger partial charge is 0.197 e. The monoisotopic (exact) mass is 130 g/mol. The van der Waals surface area contributed by atoms with E-state index in [4.69, 9.17) is 0 Å². The first-order valence-corrected chi connectivity index (χ1v) is 3.51. The van der Waals surface area contributed by atoms with Gasteiger partial charge in [0.2, 0.25) is 0 Å². The van der Waals surface area contributed by atoms with Crippen LogP contribution >= 0.6 is 0 Å². The molecule has 0 radical (unpaired) electrons. The largest absolute Gasteiger partial charge is 0.343 e. The van der Waals surface area contributed by atoms with E-state index in [1.165, 1.54) is 0 Å². The van der Waals surface area contributed by atoms with Crippen molar-refractivity contribution in [2.24, 2.45) is 0 Å². The number of hydrogen-bond acceptors (Lipinski definition) is 1. The Balaban J connectivity index is 2.75. The number of nitrogens with zero attached hydrogens (tertiary/aromatic N) is 1. The van der Waals surface area contributed by atoms with E-state index in [-0.39, 0.29) is 0 Å². The normalized spacial score (nSPS) is 41.3. The van der Waals surface area contributed by atoms with Gasteiger partial charge in [0.15, 0.2) is 5.72 Å². The summed E-state index contributed by atoms with van der Waals surface area (Å²) in [7, 11) is 4.15. The maximum Gasteiger partial charge on any atom is 0.197 e. The van der Waals surface area contributed by atoms with Crippen LogP contribution in [0.4, 0.5) is 0 Å². The average Bonchev–Trinajstić information content (AvgIpc) is 1.81. The second kappa shape index (κ2) is 1.70. The molecule has 2 nitrogen and oxygen atoms in total. The van der Waals surface area contributed by atoms with E-state index in [0.29, 0.717) is 0 Å². The van der Waals surface area contributed by atoms with E-state index in [9.17, 15) is 5.11 Å². The molecule has 0 aromatic carbocycles. The van der Waals surface area contributed by atoms with Crippen LogP contribution in [0.2, 0.25) is 0 Å². The highest BCUT2D eigenvalue weighted by molar-refractivity contribution is 4.67. The van der Waals surface area contributed by atoms with Gasteiger partial charge >= 0.3 is 0 Å². The van der Waals surface area contributed by atoms with Crippen LogP contribution in [0.5, 0.6) is 0 Å². The van der Waals surface area contributed by atoms with Crippen molar-refractivity contribution in [1.29, 1.82) is 0 Å². The summed E-state index contributed by atoms with van der Waals surface area (Å²) in [6.07, 6.45) is 2.10. The highest BCUT2D eigenvalue weighted by Crippen LogP contribution is 2.30. The van der Waals surface area contributed by atoms with Gasteiger partial charge in [-0.15, -0.1) is 0 Å². The van der Waals surface area contributed by atoms with Gasteiger partial charge in [0, 0.05) is 19.8 Å². The molecule has 2 heteroatoms. The van der Waals surface area contributed by atoms with Crippen molar-refractivity contribution >= 4 is 0 Å². The van der Waals surface area contributed by atoms with Gasteiger partial charge in [-0.25, -0.2) is 0 Å². The quantitative estimate of drug-likeness (QED) is 0.475. The molecule has 1 aliphatic heterocycles. The third-order valence-corrected chi connectivity index (χ3v) is 2.67. The van der Waals surface area contributed by atoms with Gasteiger partial charge in [-0.1, -0.05) is 0 Å². The summed E-state index contributed by atoms with van der Waals surface area (Å²) in [4.78, 5) is 0. The second-order valence-electron chi connectivity index (χ2n) is 3.73. The van der Waals surface area contributed by atoms with Gasteiger partial charge in [-0.2, -0.15) is 0 Å². The number of likely N-dealkylation sites (tertiary alicyclic amines) is 1. The van der Waals surface area contributed by atoms with Crippen molar-refractivity contribution in [2.75, 3.05) is 20.6 Å². The Bertz CT molecular complexity index is 104. The molecule has 54 valence electrons. The Kier molecular flexibility index (Phi) is 1.33. The molecule has 1 saturated heterocycles. The lowest BCUT2D eigenvalue weighted by molar-refractivity contribution is -0.951. The Morgan fingerprint density at radius 2 is 2.00 bits per heavy atom. The molecule has 1 fully saturated rings.